The van der Waals surface area contributed by atoms with Gasteiger partial charge in [-0.05, 0) is 54.6 Å². The second kappa shape index (κ2) is 8.89. The van der Waals surface area contributed by atoms with Crippen molar-refractivity contribution in [2.45, 2.75) is 5.16 Å². The molecule has 0 aliphatic carbocycles. The van der Waals surface area contributed by atoms with Gasteiger partial charge in [0.05, 0.1) is 28.2 Å². The van der Waals surface area contributed by atoms with E-state index in [4.69, 9.17) is 11.6 Å². The van der Waals surface area contributed by atoms with E-state index >= 15 is 0 Å². The standard InChI is InChI=1S/C21H16ClN5OS/c22-14-6-11-18-19(12-14)25-21(24-18)29-13-20(28)23-15-7-9-17(10-8-15)27-26-16-4-2-1-3-5-16/h1-12H,13H2,(H,23,28)(H,24,25). The van der Waals surface area contributed by atoms with Crippen molar-refractivity contribution in [1.29, 1.82) is 0 Å². The number of hydrogen-bond acceptors (Lipinski definition) is 5. The molecule has 4 aromatic rings. The van der Waals surface area contributed by atoms with Crippen LogP contribution in [0.25, 0.3) is 11.0 Å². The third kappa shape index (κ3) is 5.22. The predicted octanol–water partition coefficient (Wildman–Crippen LogP) is 6.36. The van der Waals surface area contributed by atoms with E-state index in [1.165, 1.54) is 11.8 Å². The summed E-state index contributed by atoms with van der Waals surface area (Å²) in [7, 11) is 0. The summed E-state index contributed by atoms with van der Waals surface area (Å²) in [5.41, 5.74) is 3.86. The average molecular weight is 422 g/mol. The molecule has 0 fully saturated rings. The Hall–Kier alpha value is -3.16. The van der Waals surface area contributed by atoms with E-state index in [2.05, 4.69) is 25.5 Å². The van der Waals surface area contributed by atoms with Crippen molar-refractivity contribution in [1.82, 2.24) is 9.97 Å². The van der Waals surface area contributed by atoms with E-state index in [9.17, 15) is 4.79 Å². The second-order valence-corrected chi connectivity index (χ2v) is 7.52. The fourth-order valence-electron chi connectivity index (χ4n) is 2.58. The van der Waals surface area contributed by atoms with Gasteiger partial charge in [-0.3, -0.25) is 4.79 Å². The summed E-state index contributed by atoms with van der Waals surface area (Å²) >= 11 is 7.31. The smallest absolute Gasteiger partial charge is 0.234 e. The van der Waals surface area contributed by atoms with Gasteiger partial charge in [0, 0.05) is 10.7 Å². The summed E-state index contributed by atoms with van der Waals surface area (Å²) < 4.78 is 0. The van der Waals surface area contributed by atoms with E-state index in [1.807, 2.05) is 42.5 Å². The normalized spacial score (nSPS) is 11.2. The van der Waals surface area contributed by atoms with Gasteiger partial charge in [0.15, 0.2) is 5.16 Å². The third-order valence-corrected chi connectivity index (χ3v) is 5.06. The van der Waals surface area contributed by atoms with Crippen molar-refractivity contribution in [3.63, 3.8) is 0 Å². The Bertz CT molecular complexity index is 1160. The van der Waals surface area contributed by atoms with Crippen LogP contribution in [0.15, 0.2) is 88.2 Å². The zero-order valence-corrected chi connectivity index (χ0v) is 16.7. The SMILES string of the molecule is O=C(CSc1nc2ccc(Cl)cc2[nH]1)Nc1ccc(N=Nc2ccccc2)cc1. The van der Waals surface area contributed by atoms with Crippen molar-refractivity contribution >= 4 is 57.4 Å². The minimum absolute atomic E-state index is 0.118. The molecule has 0 unspecified atom stereocenters. The average Bonchev–Trinajstić information content (AvgIpc) is 3.14. The summed E-state index contributed by atoms with van der Waals surface area (Å²) in [4.78, 5) is 19.8. The Morgan fingerprint density at radius 2 is 1.72 bits per heavy atom. The van der Waals surface area contributed by atoms with Gasteiger partial charge in [0.1, 0.15) is 0 Å². The summed E-state index contributed by atoms with van der Waals surface area (Å²) in [5, 5.41) is 12.5. The number of rotatable bonds is 6. The largest absolute Gasteiger partial charge is 0.333 e. The van der Waals surface area contributed by atoms with Crippen LogP contribution in [-0.2, 0) is 4.79 Å². The number of carbonyl (C=O) groups is 1. The number of halogens is 1. The molecule has 0 radical (unpaired) electrons. The van der Waals surface area contributed by atoms with Crippen LogP contribution in [0.2, 0.25) is 5.02 Å². The number of hydrogen-bond donors (Lipinski definition) is 2. The number of nitrogens with one attached hydrogen (secondary N) is 2. The highest BCUT2D eigenvalue weighted by molar-refractivity contribution is 7.99. The van der Waals surface area contributed by atoms with Gasteiger partial charge in [-0.15, -0.1) is 0 Å². The fraction of sp³-hybridized carbons (Fsp3) is 0.0476. The monoisotopic (exact) mass is 421 g/mol. The van der Waals surface area contributed by atoms with Crippen LogP contribution in [0.4, 0.5) is 17.1 Å². The first-order valence-corrected chi connectivity index (χ1v) is 10.2. The maximum atomic E-state index is 12.2. The first-order valence-electron chi connectivity index (χ1n) is 8.80. The highest BCUT2D eigenvalue weighted by Gasteiger charge is 2.08. The highest BCUT2D eigenvalue weighted by atomic mass is 35.5. The van der Waals surface area contributed by atoms with Gasteiger partial charge in [0.2, 0.25) is 5.91 Å². The Morgan fingerprint density at radius 1 is 1.00 bits per heavy atom. The van der Waals surface area contributed by atoms with Crippen LogP contribution in [0.1, 0.15) is 0 Å². The summed E-state index contributed by atoms with van der Waals surface area (Å²) in [6.07, 6.45) is 0. The minimum Gasteiger partial charge on any atom is -0.333 e. The Balaban J connectivity index is 1.31. The number of aromatic nitrogens is 2. The van der Waals surface area contributed by atoms with Crippen LogP contribution in [0.5, 0.6) is 0 Å². The lowest BCUT2D eigenvalue weighted by Gasteiger charge is -2.04. The van der Waals surface area contributed by atoms with Gasteiger partial charge in [-0.1, -0.05) is 41.6 Å². The Labute approximate surface area is 176 Å². The lowest BCUT2D eigenvalue weighted by Crippen LogP contribution is -2.13. The van der Waals surface area contributed by atoms with Crippen LogP contribution >= 0.6 is 23.4 Å². The molecule has 1 aromatic heterocycles. The lowest BCUT2D eigenvalue weighted by molar-refractivity contribution is -0.113. The van der Waals surface area contributed by atoms with Crippen molar-refractivity contribution in [3.05, 3.63) is 77.8 Å². The summed E-state index contributed by atoms with van der Waals surface area (Å²) in [6.45, 7) is 0. The molecule has 8 heteroatoms. The predicted molar refractivity (Wildman–Crippen MR) is 118 cm³/mol. The first kappa shape index (κ1) is 19.2. The molecule has 0 spiro atoms. The van der Waals surface area contributed by atoms with Crippen molar-refractivity contribution < 1.29 is 4.79 Å². The van der Waals surface area contributed by atoms with E-state index in [-0.39, 0.29) is 11.7 Å². The molecule has 6 nitrogen and oxygen atoms in total. The van der Waals surface area contributed by atoms with E-state index < -0.39 is 0 Å². The van der Waals surface area contributed by atoms with Gasteiger partial charge in [0.25, 0.3) is 0 Å². The zero-order chi connectivity index (χ0) is 20.1. The molecule has 0 saturated carbocycles. The molecule has 0 aliphatic rings. The number of azo groups is 1. The number of fused-ring (bicyclic) bond motifs is 1. The topological polar surface area (TPSA) is 82.5 Å². The van der Waals surface area contributed by atoms with Crippen LogP contribution in [0.3, 0.4) is 0 Å². The molecule has 4 rings (SSSR count). The van der Waals surface area contributed by atoms with Gasteiger partial charge in [-0.25, -0.2) is 4.98 Å². The quantitative estimate of drug-likeness (QED) is 0.280. The van der Waals surface area contributed by atoms with Crippen molar-refractivity contribution in [2.75, 3.05) is 11.1 Å². The molecule has 0 atom stereocenters. The number of nitrogens with zero attached hydrogens (tertiary/aromatic N) is 3. The zero-order valence-electron chi connectivity index (χ0n) is 15.2. The number of H-pyrrole nitrogens is 1. The molecule has 1 amide bonds. The molecule has 0 saturated heterocycles. The van der Waals surface area contributed by atoms with Gasteiger partial charge >= 0.3 is 0 Å². The maximum absolute atomic E-state index is 12.2. The van der Waals surface area contributed by atoms with E-state index in [0.29, 0.717) is 21.6 Å². The van der Waals surface area contributed by atoms with Gasteiger partial charge < -0.3 is 10.3 Å². The van der Waals surface area contributed by atoms with E-state index in [1.54, 1.807) is 30.3 Å². The number of imidazole rings is 1. The minimum atomic E-state index is -0.118. The number of anilines is 1. The summed E-state index contributed by atoms with van der Waals surface area (Å²) in [6, 6.07) is 22.1. The highest BCUT2D eigenvalue weighted by Crippen LogP contribution is 2.23. The molecule has 144 valence electrons. The summed E-state index contributed by atoms with van der Waals surface area (Å²) in [5.74, 6) is 0.121. The first-order chi connectivity index (χ1) is 14.2. The van der Waals surface area contributed by atoms with Crippen LogP contribution in [-0.4, -0.2) is 21.6 Å². The number of amides is 1. The maximum Gasteiger partial charge on any atom is 0.234 e. The van der Waals surface area contributed by atoms with E-state index in [0.717, 1.165) is 16.7 Å². The van der Waals surface area contributed by atoms with Crippen molar-refractivity contribution in [2.24, 2.45) is 10.2 Å². The molecular weight excluding hydrogens is 406 g/mol. The number of thioether (sulfide) groups is 1. The Morgan fingerprint density at radius 3 is 2.48 bits per heavy atom. The molecule has 1 heterocycles. The molecular formula is C21H16ClN5OS. The number of carbonyl (C=O) groups excluding carboxylic acids is 1. The molecule has 3 aromatic carbocycles. The second-order valence-electron chi connectivity index (χ2n) is 6.12. The Kier molecular flexibility index (Phi) is 5.88. The molecule has 2 N–H and O–H groups in total. The third-order valence-electron chi connectivity index (χ3n) is 3.95. The number of benzene rings is 3. The lowest BCUT2D eigenvalue weighted by atomic mass is 10.3. The van der Waals surface area contributed by atoms with Crippen molar-refractivity contribution in [3.8, 4) is 0 Å². The molecule has 0 bridgehead atoms. The fourth-order valence-corrected chi connectivity index (χ4v) is 3.44. The molecule has 0 aliphatic heterocycles. The van der Waals surface area contributed by atoms with Crippen LogP contribution < -0.4 is 5.32 Å². The number of aromatic amines is 1. The van der Waals surface area contributed by atoms with Gasteiger partial charge in [-0.2, -0.15) is 10.2 Å². The van der Waals surface area contributed by atoms with Crippen LogP contribution in [0, 0.1) is 0 Å². The molecule has 29 heavy (non-hydrogen) atoms.